The van der Waals surface area contributed by atoms with Crippen LogP contribution < -0.4 is 0 Å². The minimum Gasteiger partial charge on any atom is -0.382 e. The third-order valence-electron chi connectivity index (χ3n) is 5.02. The summed E-state index contributed by atoms with van der Waals surface area (Å²) in [6.07, 6.45) is 11.5. The number of rotatable bonds is 3. The molecule has 0 spiro atoms. The van der Waals surface area contributed by atoms with Crippen molar-refractivity contribution in [3.8, 4) is 0 Å². The second-order valence-corrected chi connectivity index (χ2v) is 6.05. The van der Waals surface area contributed by atoms with Crippen molar-refractivity contribution in [2.75, 3.05) is 0 Å². The zero-order chi connectivity index (χ0) is 12.3. The molecule has 2 rings (SSSR count). The average Bonchev–Trinajstić information content (AvgIpc) is 2.39. The Balaban J connectivity index is 2.14. The molecule has 2 aliphatic carbocycles. The fourth-order valence-corrected chi connectivity index (χ4v) is 3.99. The highest BCUT2D eigenvalue weighted by molar-refractivity contribution is 5.85. The monoisotopic (exact) mass is 238 g/mol. The van der Waals surface area contributed by atoms with Crippen LogP contribution in [0.15, 0.2) is 0 Å². The second-order valence-electron chi connectivity index (χ2n) is 6.05. The first-order chi connectivity index (χ1) is 8.15. The van der Waals surface area contributed by atoms with Gasteiger partial charge in [-0.1, -0.05) is 38.5 Å². The van der Waals surface area contributed by atoms with Gasteiger partial charge in [0.25, 0.3) is 0 Å². The fraction of sp³-hybridized carbons (Fsp3) is 0.933. The lowest BCUT2D eigenvalue weighted by molar-refractivity contribution is -0.154. The summed E-state index contributed by atoms with van der Waals surface area (Å²) in [4.78, 5) is 12.0. The van der Waals surface area contributed by atoms with E-state index in [0.717, 1.165) is 25.7 Å². The summed E-state index contributed by atoms with van der Waals surface area (Å²) in [7, 11) is 0. The summed E-state index contributed by atoms with van der Waals surface area (Å²) in [5.41, 5.74) is -0.999. The Morgan fingerprint density at radius 3 is 1.53 bits per heavy atom. The van der Waals surface area contributed by atoms with E-state index in [1.54, 1.807) is 6.92 Å². The van der Waals surface area contributed by atoms with E-state index in [-0.39, 0.29) is 17.6 Å². The lowest BCUT2D eigenvalue weighted by atomic mass is 9.65. The first kappa shape index (κ1) is 13.1. The maximum Gasteiger partial charge on any atom is 0.161 e. The number of aliphatic hydroxyl groups is 1. The first-order valence-corrected chi connectivity index (χ1v) is 7.39. The molecule has 17 heavy (non-hydrogen) atoms. The second kappa shape index (κ2) is 5.51. The number of carbonyl (C=O) groups is 1. The summed E-state index contributed by atoms with van der Waals surface area (Å²) in [6.45, 7) is 1.60. The van der Waals surface area contributed by atoms with Crippen LogP contribution in [0.2, 0.25) is 0 Å². The van der Waals surface area contributed by atoms with Gasteiger partial charge < -0.3 is 5.11 Å². The third-order valence-corrected chi connectivity index (χ3v) is 5.02. The van der Waals surface area contributed by atoms with Crippen molar-refractivity contribution in [3.63, 3.8) is 0 Å². The molecule has 0 unspecified atom stereocenters. The van der Waals surface area contributed by atoms with Crippen molar-refractivity contribution in [3.05, 3.63) is 0 Å². The van der Waals surface area contributed by atoms with Gasteiger partial charge in [-0.15, -0.1) is 0 Å². The van der Waals surface area contributed by atoms with Crippen molar-refractivity contribution < 1.29 is 9.90 Å². The summed E-state index contributed by atoms with van der Waals surface area (Å²) in [5.74, 6) is 0.491. The maximum atomic E-state index is 12.0. The molecule has 0 radical (unpaired) electrons. The number of ketones is 1. The largest absolute Gasteiger partial charge is 0.382 e. The van der Waals surface area contributed by atoms with Crippen molar-refractivity contribution in [1.82, 2.24) is 0 Å². The average molecular weight is 238 g/mol. The minimum absolute atomic E-state index is 0.0244. The molecule has 98 valence electrons. The van der Waals surface area contributed by atoms with Crippen LogP contribution in [-0.2, 0) is 4.79 Å². The zero-order valence-electron chi connectivity index (χ0n) is 11.1. The molecule has 0 aliphatic heterocycles. The summed E-state index contributed by atoms with van der Waals surface area (Å²) in [6, 6.07) is 0. The summed E-state index contributed by atoms with van der Waals surface area (Å²) in [5, 5.41) is 11.0. The van der Waals surface area contributed by atoms with Gasteiger partial charge in [-0.25, -0.2) is 0 Å². The maximum absolute atomic E-state index is 12.0. The normalized spacial score (nSPS) is 24.8. The molecule has 2 saturated carbocycles. The lowest BCUT2D eigenvalue weighted by Crippen LogP contribution is -2.52. The Morgan fingerprint density at radius 2 is 1.24 bits per heavy atom. The Labute approximate surface area is 105 Å². The molecule has 0 atom stereocenters. The van der Waals surface area contributed by atoms with Gasteiger partial charge >= 0.3 is 0 Å². The van der Waals surface area contributed by atoms with Crippen LogP contribution in [0.1, 0.15) is 71.1 Å². The smallest absolute Gasteiger partial charge is 0.161 e. The van der Waals surface area contributed by atoms with Crippen molar-refractivity contribution in [2.45, 2.75) is 76.7 Å². The van der Waals surface area contributed by atoms with E-state index in [9.17, 15) is 9.90 Å². The molecule has 0 aromatic rings. The van der Waals surface area contributed by atoms with Gasteiger partial charge in [-0.3, -0.25) is 4.79 Å². The van der Waals surface area contributed by atoms with E-state index in [1.807, 2.05) is 0 Å². The molecule has 0 aromatic carbocycles. The van der Waals surface area contributed by atoms with E-state index >= 15 is 0 Å². The van der Waals surface area contributed by atoms with E-state index in [4.69, 9.17) is 0 Å². The number of carbonyl (C=O) groups excluding carboxylic acids is 1. The number of hydrogen-bond donors (Lipinski definition) is 1. The Bertz CT molecular complexity index is 242. The minimum atomic E-state index is -0.999. The highest BCUT2D eigenvalue weighted by Crippen LogP contribution is 2.43. The predicted octanol–water partition coefficient (Wildman–Crippen LogP) is 3.47. The molecule has 0 aromatic heterocycles. The van der Waals surface area contributed by atoms with Crippen LogP contribution in [0, 0.1) is 11.8 Å². The lowest BCUT2D eigenvalue weighted by Gasteiger charge is -2.43. The van der Waals surface area contributed by atoms with E-state index in [0.29, 0.717) is 0 Å². The topological polar surface area (TPSA) is 37.3 Å². The summed E-state index contributed by atoms with van der Waals surface area (Å²) >= 11 is 0. The molecule has 0 saturated heterocycles. The summed E-state index contributed by atoms with van der Waals surface area (Å²) < 4.78 is 0. The van der Waals surface area contributed by atoms with E-state index in [2.05, 4.69) is 0 Å². The van der Waals surface area contributed by atoms with Crippen molar-refractivity contribution in [1.29, 1.82) is 0 Å². The molecule has 0 heterocycles. The van der Waals surface area contributed by atoms with Crippen LogP contribution >= 0.6 is 0 Å². The van der Waals surface area contributed by atoms with Crippen LogP contribution in [0.4, 0.5) is 0 Å². The Kier molecular flexibility index (Phi) is 4.24. The third kappa shape index (κ3) is 2.57. The van der Waals surface area contributed by atoms with Crippen LogP contribution in [0.5, 0.6) is 0 Å². The highest BCUT2D eigenvalue weighted by atomic mass is 16.3. The molecule has 2 fully saturated rings. The molecule has 2 heteroatoms. The Morgan fingerprint density at radius 1 is 0.882 bits per heavy atom. The SMILES string of the molecule is CC(=O)C(O)(C1CCCCC1)C1CCCCC1. The molecule has 0 amide bonds. The number of Topliss-reactive ketones (excluding diaryl/α,β-unsaturated/α-hetero) is 1. The predicted molar refractivity (Wildman–Crippen MR) is 68.8 cm³/mol. The first-order valence-electron chi connectivity index (χ1n) is 7.39. The molecular formula is C15H26O2. The van der Waals surface area contributed by atoms with Gasteiger partial charge in [0, 0.05) is 0 Å². The van der Waals surface area contributed by atoms with Crippen LogP contribution in [-0.4, -0.2) is 16.5 Å². The van der Waals surface area contributed by atoms with Gasteiger partial charge in [0.2, 0.25) is 0 Å². The van der Waals surface area contributed by atoms with Gasteiger partial charge in [-0.2, -0.15) is 0 Å². The van der Waals surface area contributed by atoms with Gasteiger partial charge in [0.15, 0.2) is 5.78 Å². The van der Waals surface area contributed by atoms with Crippen molar-refractivity contribution >= 4 is 5.78 Å². The molecule has 1 N–H and O–H groups in total. The zero-order valence-corrected chi connectivity index (χ0v) is 11.1. The quantitative estimate of drug-likeness (QED) is 0.817. The van der Waals surface area contributed by atoms with Gasteiger partial charge in [0.05, 0.1) is 0 Å². The molecular weight excluding hydrogens is 212 g/mol. The fourth-order valence-electron chi connectivity index (χ4n) is 3.99. The van der Waals surface area contributed by atoms with E-state index < -0.39 is 5.60 Å². The standard InChI is InChI=1S/C15H26O2/c1-12(16)15(17,13-8-4-2-5-9-13)14-10-6-3-7-11-14/h13-14,17H,2-11H2,1H3. The molecule has 2 nitrogen and oxygen atoms in total. The number of hydrogen-bond acceptors (Lipinski definition) is 2. The van der Waals surface area contributed by atoms with Gasteiger partial charge in [-0.05, 0) is 44.4 Å². The molecule has 2 aliphatic rings. The molecule has 0 bridgehead atoms. The van der Waals surface area contributed by atoms with Crippen LogP contribution in [0.25, 0.3) is 0 Å². The van der Waals surface area contributed by atoms with Crippen LogP contribution in [0.3, 0.4) is 0 Å². The van der Waals surface area contributed by atoms with Crippen molar-refractivity contribution in [2.24, 2.45) is 11.8 Å². The van der Waals surface area contributed by atoms with E-state index in [1.165, 1.54) is 38.5 Å². The highest BCUT2D eigenvalue weighted by Gasteiger charge is 2.47. The Hall–Kier alpha value is -0.370. The van der Waals surface area contributed by atoms with Gasteiger partial charge in [0.1, 0.15) is 5.60 Å².